The second kappa shape index (κ2) is 5.43. The number of hydrogen-bond acceptors (Lipinski definition) is 2. The van der Waals surface area contributed by atoms with Crippen LogP contribution >= 0.6 is 0 Å². The molecule has 0 radical (unpaired) electrons. The molecule has 0 atom stereocenters. The monoisotopic (exact) mass is 254 g/mol. The molecule has 1 heterocycles. The minimum Gasteiger partial charge on any atom is -0.368 e. The largest absolute Gasteiger partial charge is 0.368 e. The summed E-state index contributed by atoms with van der Waals surface area (Å²) < 4.78 is 0. The van der Waals surface area contributed by atoms with Crippen LogP contribution in [-0.4, -0.2) is 12.0 Å². The quantitative estimate of drug-likeness (QED) is 0.824. The van der Waals surface area contributed by atoms with Crippen molar-refractivity contribution < 1.29 is 0 Å². The zero-order valence-electron chi connectivity index (χ0n) is 12.5. The number of pyridine rings is 1. The average Bonchev–Trinajstić information content (AvgIpc) is 2.27. The van der Waals surface area contributed by atoms with Crippen molar-refractivity contribution in [3.63, 3.8) is 0 Å². The minimum atomic E-state index is 0.840. The number of aromatic nitrogens is 1. The van der Waals surface area contributed by atoms with Crippen molar-refractivity contribution in [2.24, 2.45) is 0 Å². The van der Waals surface area contributed by atoms with Crippen LogP contribution < -0.4 is 4.90 Å². The Bertz CT molecular complexity index is 565. The van der Waals surface area contributed by atoms with Gasteiger partial charge in [0, 0.05) is 18.4 Å². The Morgan fingerprint density at radius 3 is 2.21 bits per heavy atom. The SMILES string of the molecule is Cc1cc(C)c(N(C)Cc2cccc(C)n2)c(C)c1. The van der Waals surface area contributed by atoms with Gasteiger partial charge in [0.2, 0.25) is 0 Å². The van der Waals surface area contributed by atoms with Crippen LogP contribution in [0.5, 0.6) is 0 Å². The first-order chi connectivity index (χ1) is 8.97. The van der Waals surface area contributed by atoms with E-state index in [1.165, 1.54) is 22.4 Å². The zero-order chi connectivity index (χ0) is 14.0. The zero-order valence-corrected chi connectivity index (χ0v) is 12.5. The van der Waals surface area contributed by atoms with E-state index in [0.717, 1.165) is 17.9 Å². The van der Waals surface area contributed by atoms with E-state index in [4.69, 9.17) is 0 Å². The molecule has 0 saturated carbocycles. The molecule has 2 rings (SSSR count). The van der Waals surface area contributed by atoms with Gasteiger partial charge in [0.1, 0.15) is 0 Å². The Balaban J connectivity index is 2.28. The summed E-state index contributed by atoms with van der Waals surface area (Å²) in [5.74, 6) is 0. The molecule has 19 heavy (non-hydrogen) atoms. The smallest absolute Gasteiger partial charge is 0.0600 e. The Morgan fingerprint density at radius 2 is 1.63 bits per heavy atom. The lowest BCUT2D eigenvalue weighted by molar-refractivity contribution is 0.868. The molecule has 0 N–H and O–H groups in total. The third-order valence-corrected chi connectivity index (χ3v) is 3.36. The summed E-state index contributed by atoms with van der Waals surface area (Å²) in [5, 5.41) is 0. The van der Waals surface area contributed by atoms with Crippen LogP contribution in [0.15, 0.2) is 30.3 Å². The molecule has 0 amide bonds. The molecular formula is C17H22N2. The molecule has 0 saturated heterocycles. The van der Waals surface area contributed by atoms with Crippen molar-refractivity contribution in [3.05, 3.63) is 58.4 Å². The maximum absolute atomic E-state index is 4.57. The number of nitrogens with zero attached hydrogens (tertiary/aromatic N) is 2. The topological polar surface area (TPSA) is 16.1 Å². The normalized spacial score (nSPS) is 10.6. The van der Waals surface area contributed by atoms with E-state index in [1.807, 2.05) is 13.0 Å². The minimum absolute atomic E-state index is 0.840. The van der Waals surface area contributed by atoms with Gasteiger partial charge in [-0.15, -0.1) is 0 Å². The summed E-state index contributed by atoms with van der Waals surface area (Å²) in [4.78, 5) is 6.86. The maximum atomic E-state index is 4.57. The van der Waals surface area contributed by atoms with Crippen LogP contribution in [0.2, 0.25) is 0 Å². The van der Waals surface area contributed by atoms with Gasteiger partial charge in [-0.2, -0.15) is 0 Å². The summed E-state index contributed by atoms with van der Waals surface area (Å²) in [6, 6.07) is 10.7. The van der Waals surface area contributed by atoms with Gasteiger partial charge < -0.3 is 4.90 Å². The fourth-order valence-corrected chi connectivity index (χ4v) is 2.78. The van der Waals surface area contributed by atoms with Crippen molar-refractivity contribution in [2.45, 2.75) is 34.2 Å². The molecule has 2 nitrogen and oxygen atoms in total. The Kier molecular flexibility index (Phi) is 3.89. The molecule has 100 valence electrons. The van der Waals surface area contributed by atoms with Crippen molar-refractivity contribution in [3.8, 4) is 0 Å². The first kappa shape index (κ1) is 13.6. The number of aryl methyl sites for hydroxylation is 4. The van der Waals surface area contributed by atoms with Crippen LogP contribution in [0, 0.1) is 27.7 Å². The highest BCUT2D eigenvalue weighted by Gasteiger charge is 2.10. The first-order valence-corrected chi connectivity index (χ1v) is 6.69. The van der Waals surface area contributed by atoms with Crippen LogP contribution in [0.3, 0.4) is 0 Å². The number of benzene rings is 1. The standard InChI is InChI=1S/C17H22N2/c1-12-9-13(2)17(14(3)10-12)19(5)11-16-8-6-7-15(4)18-16/h6-10H,11H2,1-5H3. The lowest BCUT2D eigenvalue weighted by Crippen LogP contribution is -2.19. The summed E-state index contributed by atoms with van der Waals surface area (Å²) in [7, 11) is 2.13. The second-order valence-corrected chi connectivity index (χ2v) is 5.37. The van der Waals surface area contributed by atoms with Crippen molar-refractivity contribution in [1.29, 1.82) is 0 Å². The predicted octanol–water partition coefficient (Wildman–Crippen LogP) is 3.95. The highest BCUT2D eigenvalue weighted by atomic mass is 15.1. The lowest BCUT2D eigenvalue weighted by Gasteiger charge is -2.24. The van der Waals surface area contributed by atoms with Crippen molar-refractivity contribution in [1.82, 2.24) is 4.98 Å². The van der Waals surface area contributed by atoms with E-state index in [-0.39, 0.29) is 0 Å². The van der Waals surface area contributed by atoms with Crippen LogP contribution in [-0.2, 0) is 6.54 Å². The van der Waals surface area contributed by atoms with Gasteiger partial charge in [-0.25, -0.2) is 0 Å². The van der Waals surface area contributed by atoms with Crippen molar-refractivity contribution in [2.75, 3.05) is 11.9 Å². The van der Waals surface area contributed by atoms with E-state index in [0.29, 0.717) is 0 Å². The molecule has 0 unspecified atom stereocenters. The van der Waals surface area contributed by atoms with Gasteiger partial charge in [-0.05, 0) is 51.0 Å². The van der Waals surface area contributed by atoms with Gasteiger partial charge in [-0.3, -0.25) is 4.98 Å². The molecular weight excluding hydrogens is 232 g/mol. The second-order valence-electron chi connectivity index (χ2n) is 5.37. The summed E-state index contributed by atoms with van der Waals surface area (Å²) in [6.45, 7) is 9.37. The fraction of sp³-hybridized carbons (Fsp3) is 0.353. The third-order valence-electron chi connectivity index (χ3n) is 3.36. The van der Waals surface area contributed by atoms with E-state index >= 15 is 0 Å². The highest BCUT2D eigenvalue weighted by Crippen LogP contribution is 2.26. The molecule has 0 aliphatic carbocycles. The Hall–Kier alpha value is -1.83. The molecule has 2 aromatic rings. The van der Waals surface area contributed by atoms with Gasteiger partial charge in [0.15, 0.2) is 0 Å². The average molecular weight is 254 g/mol. The van der Waals surface area contributed by atoms with Crippen LogP contribution in [0.4, 0.5) is 5.69 Å². The van der Waals surface area contributed by atoms with Gasteiger partial charge in [0.25, 0.3) is 0 Å². The van der Waals surface area contributed by atoms with Gasteiger partial charge in [0.05, 0.1) is 12.2 Å². The number of rotatable bonds is 3. The molecule has 0 aliphatic heterocycles. The Labute approximate surface area is 116 Å². The fourth-order valence-electron chi connectivity index (χ4n) is 2.78. The molecule has 0 bridgehead atoms. The van der Waals surface area contributed by atoms with Gasteiger partial charge in [-0.1, -0.05) is 23.8 Å². The summed E-state index contributed by atoms with van der Waals surface area (Å²) in [6.07, 6.45) is 0. The van der Waals surface area contributed by atoms with E-state index in [9.17, 15) is 0 Å². The summed E-state index contributed by atoms with van der Waals surface area (Å²) in [5.41, 5.74) is 7.47. The van der Waals surface area contributed by atoms with Crippen molar-refractivity contribution >= 4 is 5.69 Å². The Morgan fingerprint density at radius 1 is 1.00 bits per heavy atom. The molecule has 2 heteroatoms. The molecule has 0 spiro atoms. The van der Waals surface area contributed by atoms with Crippen LogP contribution in [0.1, 0.15) is 28.1 Å². The highest BCUT2D eigenvalue weighted by molar-refractivity contribution is 5.59. The van der Waals surface area contributed by atoms with E-state index < -0.39 is 0 Å². The summed E-state index contributed by atoms with van der Waals surface area (Å²) >= 11 is 0. The number of hydrogen-bond donors (Lipinski definition) is 0. The molecule has 0 aliphatic rings. The lowest BCUT2D eigenvalue weighted by atomic mass is 10.0. The third kappa shape index (κ3) is 3.14. The van der Waals surface area contributed by atoms with Gasteiger partial charge >= 0.3 is 0 Å². The first-order valence-electron chi connectivity index (χ1n) is 6.69. The number of anilines is 1. The van der Waals surface area contributed by atoms with Crippen LogP contribution in [0.25, 0.3) is 0 Å². The predicted molar refractivity (Wildman–Crippen MR) is 81.7 cm³/mol. The maximum Gasteiger partial charge on any atom is 0.0600 e. The van der Waals surface area contributed by atoms with E-state index in [2.05, 4.69) is 62.0 Å². The molecule has 1 aromatic heterocycles. The van der Waals surface area contributed by atoms with E-state index in [1.54, 1.807) is 0 Å². The molecule has 0 fully saturated rings. The molecule has 1 aromatic carbocycles.